The topological polar surface area (TPSA) is 116 Å². The lowest BCUT2D eigenvalue weighted by Gasteiger charge is -2.30. The zero-order valence-electron chi connectivity index (χ0n) is 21.1. The molecule has 0 spiro atoms. The number of aromatic nitrogens is 1. The van der Waals surface area contributed by atoms with E-state index in [0.29, 0.717) is 5.92 Å². The smallest absolute Gasteiger partial charge is 0.320 e. The number of nitrogens with zero attached hydrogens (tertiary/aromatic N) is 2. The van der Waals surface area contributed by atoms with Gasteiger partial charge in [0.2, 0.25) is 0 Å². The molecule has 2 heterocycles. The molecular formula is C28H28FN5O4. The predicted molar refractivity (Wildman–Crippen MR) is 144 cm³/mol. The van der Waals surface area contributed by atoms with Crippen LogP contribution in [0.4, 0.5) is 26.4 Å². The van der Waals surface area contributed by atoms with E-state index in [4.69, 9.17) is 4.74 Å². The van der Waals surface area contributed by atoms with E-state index in [2.05, 4.69) is 34.8 Å². The van der Waals surface area contributed by atoms with Crippen LogP contribution in [0.2, 0.25) is 0 Å². The van der Waals surface area contributed by atoms with Crippen LogP contribution in [-0.4, -0.2) is 35.3 Å². The Hall–Kier alpha value is -4.70. The summed E-state index contributed by atoms with van der Waals surface area (Å²) in [5.74, 6) is -0.521. The van der Waals surface area contributed by atoms with Crippen molar-refractivity contribution in [2.45, 2.75) is 26.0 Å². The number of urea groups is 1. The van der Waals surface area contributed by atoms with Crippen molar-refractivity contribution in [1.82, 2.24) is 10.3 Å². The number of aliphatic hydroxyl groups excluding tert-OH is 1. The summed E-state index contributed by atoms with van der Waals surface area (Å²) in [5, 5.41) is 18.4. The molecule has 0 saturated heterocycles. The molecule has 0 saturated carbocycles. The number of pyridine rings is 1. The quantitative estimate of drug-likeness (QED) is 0.346. The molecule has 0 fully saturated rings. The molecule has 38 heavy (non-hydrogen) atoms. The van der Waals surface area contributed by atoms with Gasteiger partial charge in [0.05, 0.1) is 5.57 Å². The van der Waals surface area contributed by atoms with Crippen LogP contribution >= 0.6 is 0 Å². The van der Waals surface area contributed by atoms with Crippen molar-refractivity contribution in [2.24, 2.45) is 0 Å². The van der Waals surface area contributed by atoms with Gasteiger partial charge < -0.3 is 25.4 Å². The minimum atomic E-state index is -1.22. The predicted octanol–water partition coefficient (Wildman–Crippen LogP) is 5.10. The number of aliphatic hydroxyl groups is 1. The third-order valence-corrected chi connectivity index (χ3v) is 5.80. The maximum absolute atomic E-state index is 14.8. The Balaban J connectivity index is 1.42. The standard InChI is InChI=1S/C28H28FN5O4/c1-17(2)18-6-9-20(10-7-18)34-14-4-5-22(27(34)36)26(35)32-19-8-11-24(23(29)15-19)38-21-12-13-31-25(16-21)33-28(37)30-3/h4-17,27,36H,1-3H3,(H,32,35)(H2,30,31,33,37). The van der Waals surface area contributed by atoms with Crippen LogP contribution in [0, 0.1) is 5.82 Å². The van der Waals surface area contributed by atoms with Gasteiger partial charge in [0, 0.05) is 43.0 Å². The molecule has 0 bridgehead atoms. The Kier molecular flexibility index (Phi) is 8.03. The minimum absolute atomic E-state index is 0.0871. The molecular weight excluding hydrogens is 489 g/mol. The Morgan fingerprint density at radius 3 is 2.53 bits per heavy atom. The van der Waals surface area contributed by atoms with Crippen LogP contribution in [0.1, 0.15) is 25.3 Å². The van der Waals surface area contributed by atoms with Crippen molar-refractivity contribution in [1.29, 1.82) is 0 Å². The van der Waals surface area contributed by atoms with E-state index in [1.165, 1.54) is 43.6 Å². The normalized spacial score (nSPS) is 14.6. The first-order chi connectivity index (χ1) is 18.2. The number of rotatable bonds is 7. The second kappa shape index (κ2) is 11.6. The van der Waals surface area contributed by atoms with Crippen LogP contribution < -0.4 is 25.6 Å². The number of ether oxygens (including phenoxy) is 1. The number of anilines is 3. The van der Waals surface area contributed by atoms with Gasteiger partial charge in [-0.25, -0.2) is 14.2 Å². The van der Waals surface area contributed by atoms with E-state index < -0.39 is 24.0 Å². The summed E-state index contributed by atoms with van der Waals surface area (Å²) >= 11 is 0. The Morgan fingerprint density at radius 1 is 1.08 bits per heavy atom. The first-order valence-electron chi connectivity index (χ1n) is 11.9. The Labute approximate surface area is 219 Å². The minimum Gasteiger partial charge on any atom is -0.454 e. The van der Waals surface area contributed by atoms with E-state index in [0.717, 1.165) is 17.3 Å². The molecule has 9 nitrogen and oxygen atoms in total. The summed E-state index contributed by atoms with van der Waals surface area (Å²) in [6.45, 7) is 4.19. The summed E-state index contributed by atoms with van der Waals surface area (Å²) in [4.78, 5) is 30.0. The second-order valence-corrected chi connectivity index (χ2v) is 8.77. The molecule has 3 aromatic rings. The van der Waals surface area contributed by atoms with E-state index in [1.807, 2.05) is 24.3 Å². The van der Waals surface area contributed by atoms with Gasteiger partial charge in [-0.1, -0.05) is 26.0 Å². The van der Waals surface area contributed by atoms with Crippen molar-refractivity contribution in [2.75, 3.05) is 22.6 Å². The van der Waals surface area contributed by atoms with Gasteiger partial charge in [-0.15, -0.1) is 0 Å². The summed E-state index contributed by atoms with van der Waals surface area (Å²) in [7, 11) is 1.47. The van der Waals surface area contributed by atoms with Gasteiger partial charge in [0.25, 0.3) is 5.91 Å². The maximum atomic E-state index is 14.8. The largest absolute Gasteiger partial charge is 0.454 e. The van der Waals surface area contributed by atoms with Crippen LogP contribution in [-0.2, 0) is 4.79 Å². The monoisotopic (exact) mass is 517 g/mol. The van der Waals surface area contributed by atoms with E-state index in [1.54, 1.807) is 17.2 Å². The van der Waals surface area contributed by atoms with Crippen LogP contribution in [0.5, 0.6) is 11.5 Å². The van der Waals surface area contributed by atoms with Gasteiger partial charge in [-0.05, 0) is 54.0 Å². The molecule has 10 heteroatoms. The molecule has 196 valence electrons. The van der Waals surface area contributed by atoms with Crippen molar-refractivity contribution in [3.8, 4) is 11.5 Å². The molecule has 3 amide bonds. The average molecular weight is 518 g/mol. The molecule has 1 aliphatic heterocycles. The van der Waals surface area contributed by atoms with Gasteiger partial charge in [-0.2, -0.15) is 0 Å². The van der Waals surface area contributed by atoms with Crippen molar-refractivity contribution in [3.05, 3.63) is 96.1 Å². The Morgan fingerprint density at radius 2 is 1.84 bits per heavy atom. The van der Waals surface area contributed by atoms with Gasteiger partial charge in [0.15, 0.2) is 17.8 Å². The SMILES string of the molecule is CNC(=O)Nc1cc(Oc2ccc(NC(=O)C3=CC=CN(c4ccc(C(C)C)cc4)C3O)cc2F)ccn1. The van der Waals surface area contributed by atoms with Crippen molar-refractivity contribution in [3.63, 3.8) is 0 Å². The zero-order valence-corrected chi connectivity index (χ0v) is 21.1. The number of carbonyl (C=O) groups is 2. The van der Waals surface area contributed by atoms with E-state index in [-0.39, 0.29) is 28.6 Å². The highest BCUT2D eigenvalue weighted by atomic mass is 19.1. The molecule has 1 aliphatic rings. The van der Waals surface area contributed by atoms with Crippen molar-refractivity contribution < 1.29 is 23.8 Å². The maximum Gasteiger partial charge on any atom is 0.320 e. The number of benzene rings is 2. The molecule has 0 radical (unpaired) electrons. The third kappa shape index (κ3) is 6.16. The number of carbonyl (C=O) groups excluding carboxylic acids is 2. The lowest BCUT2D eigenvalue weighted by Crippen LogP contribution is -2.38. The molecule has 1 aromatic heterocycles. The summed E-state index contributed by atoms with van der Waals surface area (Å²) < 4.78 is 20.4. The molecule has 1 atom stereocenters. The summed E-state index contributed by atoms with van der Waals surface area (Å²) in [6, 6.07) is 14.2. The van der Waals surface area contributed by atoms with E-state index >= 15 is 0 Å². The van der Waals surface area contributed by atoms with E-state index in [9.17, 15) is 19.1 Å². The van der Waals surface area contributed by atoms with Crippen LogP contribution in [0.15, 0.2) is 84.7 Å². The number of halogens is 1. The zero-order chi connectivity index (χ0) is 27.2. The molecule has 4 N–H and O–H groups in total. The van der Waals surface area contributed by atoms with Gasteiger partial charge in [-0.3, -0.25) is 10.1 Å². The van der Waals surface area contributed by atoms with Gasteiger partial charge in [0.1, 0.15) is 11.6 Å². The second-order valence-electron chi connectivity index (χ2n) is 8.77. The lowest BCUT2D eigenvalue weighted by molar-refractivity contribution is -0.113. The fraction of sp³-hybridized carbons (Fsp3) is 0.179. The fourth-order valence-electron chi connectivity index (χ4n) is 3.72. The molecule has 1 unspecified atom stereocenters. The first-order valence-corrected chi connectivity index (χ1v) is 11.9. The number of hydrogen-bond donors (Lipinski definition) is 4. The summed E-state index contributed by atoms with van der Waals surface area (Å²) in [5.41, 5.74) is 2.19. The molecule has 4 rings (SSSR count). The average Bonchev–Trinajstić information content (AvgIpc) is 2.90. The van der Waals surface area contributed by atoms with Crippen LogP contribution in [0.3, 0.4) is 0 Å². The highest BCUT2D eigenvalue weighted by Crippen LogP contribution is 2.29. The third-order valence-electron chi connectivity index (χ3n) is 5.80. The van der Waals surface area contributed by atoms with Crippen molar-refractivity contribution >= 4 is 29.1 Å². The first kappa shape index (κ1) is 26.4. The number of allylic oxidation sites excluding steroid dienone is 2. The van der Waals surface area contributed by atoms with Crippen LogP contribution in [0.25, 0.3) is 0 Å². The molecule has 0 aliphatic carbocycles. The number of hydrogen-bond acceptors (Lipinski definition) is 6. The highest BCUT2D eigenvalue weighted by Gasteiger charge is 2.26. The molecule has 2 aromatic carbocycles. The Bertz CT molecular complexity index is 1390. The summed E-state index contributed by atoms with van der Waals surface area (Å²) in [6.07, 6.45) is 5.05. The van der Waals surface area contributed by atoms with Gasteiger partial charge >= 0.3 is 6.03 Å². The number of amides is 3. The fourth-order valence-corrected chi connectivity index (χ4v) is 3.72. The lowest BCUT2D eigenvalue weighted by atomic mass is 10.0. The number of nitrogens with one attached hydrogen (secondary N) is 3. The highest BCUT2D eigenvalue weighted by molar-refractivity contribution is 6.05.